The minimum atomic E-state index is 0.247. The highest BCUT2D eigenvalue weighted by atomic mass is 31.0. The zero-order valence-corrected chi connectivity index (χ0v) is 18.9. The largest absolute Gasteiger partial charge is 0.489 e. The van der Waals surface area contributed by atoms with Crippen molar-refractivity contribution < 1.29 is 18.9 Å². The van der Waals surface area contributed by atoms with Gasteiger partial charge in [0.05, 0.1) is 13.2 Å². The maximum Gasteiger partial charge on any atom is 0.133 e. The van der Waals surface area contributed by atoms with Gasteiger partial charge in [0.2, 0.25) is 0 Å². The molecule has 2 aliphatic rings. The number of benzene rings is 2. The summed E-state index contributed by atoms with van der Waals surface area (Å²) in [6.45, 7) is 2.80. The van der Waals surface area contributed by atoms with Crippen molar-refractivity contribution in [2.24, 2.45) is 0 Å². The molecule has 6 unspecified atom stereocenters. The van der Waals surface area contributed by atoms with E-state index in [4.69, 9.17) is 18.9 Å². The van der Waals surface area contributed by atoms with Crippen LogP contribution < -0.4 is 30.7 Å². The summed E-state index contributed by atoms with van der Waals surface area (Å²) >= 11 is 0. The lowest BCUT2D eigenvalue weighted by molar-refractivity contribution is 0.266. The van der Waals surface area contributed by atoms with Crippen LogP contribution in [0.1, 0.15) is 0 Å². The molecule has 0 aliphatic carbocycles. The van der Waals surface area contributed by atoms with Crippen LogP contribution in [0.4, 0.5) is 0 Å². The normalized spacial score (nSPS) is 20.8. The Hall–Kier alpha value is -0.320. The summed E-state index contributed by atoms with van der Waals surface area (Å²) in [5.74, 6) is 1.78. The van der Waals surface area contributed by atoms with Crippen molar-refractivity contribution in [1.82, 2.24) is 0 Å². The lowest BCUT2D eigenvalue weighted by Gasteiger charge is -2.16. The molecule has 0 aromatic heterocycles. The van der Waals surface area contributed by atoms with E-state index in [-0.39, 0.29) is 12.2 Å². The highest BCUT2D eigenvalue weighted by Gasteiger charge is 2.25. The van der Waals surface area contributed by atoms with Gasteiger partial charge in [0.25, 0.3) is 0 Å². The minimum Gasteiger partial charge on any atom is -0.489 e. The summed E-state index contributed by atoms with van der Waals surface area (Å²) < 4.78 is 22.2. The number of hydrogen-bond acceptors (Lipinski definition) is 4. The summed E-state index contributed by atoms with van der Waals surface area (Å²) in [5, 5.41) is 4.15. The third-order valence-electron chi connectivity index (χ3n) is 4.26. The molecule has 0 saturated carbocycles. The van der Waals surface area contributed by atoms with Crippen LogP contribution in [0.5, 0.6) is 11.5 Å². The van der Waals surface area contributed by atoms with Crippen LogP contribution in [0, 0.1) is 0 Å². The molecule has 4 nitrogen and oxygen atoms in total. The first-order valence-corrected chi connectivity index (χ1v) is 10.7. The number of rotatable bonds is 7. The molecule has 4 rings (SSSR count). The Labute approximate surface area is 162 Å². The molecular formula is C18H22O4P4. The van der Waals surface area contributed by atoms with Gasteiger partial charge in [0.1, 0.15) is 36.9 Å². The molecule has 6 atom stereocenters. The molecule has 0 amide bonds. The van der Waals surface area contributed by atoms with E-state index in [0.29, 0.717) is 13.2 Å². The highest BCUT2D eigenvalue weighted by molar-refractivity contribution is 7.30. The van der Waals surface area contributed by atoms with Crippen molar-refractivity contribution >= 4 is 58.2 Å². The van der Waals surface area contributed by atoms with Crippen molar-refractivity contribution in [3.8, 4) is 22.6 Å². The minimum absolute atomic E-state index is 0.247. The van der Waals surface area contributed by atoms with Crippen LogP contribution in [-0.4, -0.2) is 38.6 Å². The third kappa shape index (κ3) is 4.56. The summed E-state index contributed by atoms with van der Waals surface area (Å²) in [4.78, 5) is 0. The molecule has 2 fully saturated rings. The SMILES string of the molecule is Pc1cc(-c2cc(P)c(OCC3CO3)c(P)c2)cc(P)c1OCC1CO1. The molecule has 26 heavy (non-hydrogen) atoms. The fraction of sp³-hybridized carbons (Fsp3) is 0.333. The Morgan fingerprint density at radius 2 is 1.00 bits per heavy atom. The van der Waals surface area contributed by atoms with E-state index in [9.17, 15) is 0 Å². The van der Waals surface area contributed by atoms with Crippen molar-refractivity contribution in [2.45, 2.75) is 12.2 Å². The smallest absolute Gasteiger partial charge is 0.133 e. The average molecular weight is 426 g/mol. The van der Waals surface area contributed by atoms with Crippen LogP contribution in [0.25, 0.3) is 11.1 Å². The second kappa shape index (κ2) is 7.97. The molecule has 8 heteroatoms. The fourth-order valence-corrected chi connectivity index (χ4v) is 4.75. The van der Waals surface area contributed by atoms with Crippen LogP contribution >= 0.6 is 37.0 Å². The first kappa shape index (κ1) is 19.0. The van der Waals surface area contributed by atoms with E-state index in [1.54, 1.807) is 0 Å². The molecule has 0 radical (unpaired) electrons. The molecular weight excluding hydrogens is 404 g/mol. The number of hydrogen-bond donors (Lipinski definition) is 0. The number of epoxide rings is 2. The van der Waals surface area contributed by atoms with Gasteiger partial charge in [0.15, 0.2) is 0 Å². The van der Waals surface area contributed by atoms with E-state index in [0.717, 1.165) is 57.1 Å². The van der Waals surface area contributed by atoms with E-state index in [2.05, 4.69) is 61.2 Å². The Morgan fingerprint density at radius 1 is 0.692 bits per heavy atom. The first-order valence-electron chi connectivity index (χ1n) is 8.38. The molecule has 0 N–H and O–H groups in total. The van der Waals surface area contributed by atoms with Crippen molar-refractivity contribution in [3.05, 3.63) is 24.3 Å². The van der Waals surface area contributed by atoms with Gasteiger partial charge in [-0.15, -0.1) is 37.0 Å². The average Bonchev–Trinajstić information content (AvgIpc) is 3.47. The third-order valence-corrected chi connectivity index (χ3v) is 5.97. The second-order valence-corrected chi connectivity index (χ2v) is 8.99. The summed E-state index contributed by atoms with van der Waals surface area (Å²) in [5.41, 5.74) is 2.28. The summed E-state index contributed by atoms with van der Waals surface area (Å²) in [7, 11) is 11.1. The van der Waals surface area contributed by atoms with E-state index >= 15 is 0 Å². The van der Waals surface area contributed by atoms with Gasteiger partial charge in [0, 0.05) is 21.2 Å². The lowest BCUT2D eigenvalue weighted by atomic mass is 10.1. The molecule has 0 spiro atoms. The highest BCUT2D eigenvalue weighted by Crippen LogP contribution is 2.26. The molecule has 2 aromatic rings. The van der Waals surface area contributed by atoms with Crippen molar-refractivity contribution in [3.63, 3.8) is 0 Å². The first-order chi connectivity index (χ1) is 12.5. The summed E-state index contributed by atoms with van der Waals surface area (Å²) in [6.07, 6.45) is 0.493. The molecule has 0 bridgehead atoms. The summed E-state index contributed by atoms with van der Waals surface area (Å²) in [6, 6.07) is 8.51. The topological polar surface area (TPSA) is 43.5 Å². The van der Waals surface area contributed by atoms with Gasteiger partial charge >= 0.3 is 0 Å². The van der Waals surface area contributed by atoms with Gasteiger partial charge < -0.3 is 18.9 Å². The predicted molar refractivity (Wildman–Crippen MR) is 120 cm³/mol. The molecule has 2 aliphatic heterocycles. The van der Waals surface area contributed by atoms with E-state index in [1.807, 2.05) is 0 Å². The maximum absolute atomic E-state index is 5.90. The molecule has 2 heterocycles. The Kier molecular flexibility index (Phi) is 5.83. The Balaban J connectivity index is 1.57. The van der Waals surface area contributed by atoms with Gasteiger partial charge in [-0.25, -0.2) is 0 Å². The monoisotopic (exact) mass is 426 g/mol. The number of ether oxygens (including phenoxy) is 4. The predicted octanol–water partition coefficient (Wildman–Crippen LogP) is 0.910. The zero-order valence-electron chi connectivity index (χ0n) is 14.2. The molecule has 2 aromatic carbocycles. The van der Waals surface area contributed by atoms with Gasteiger partial charge in [-0.3, -0.25) is 0 Å². The second-order valence-electron chi connectivity index (χ2n) is 6.50. The van der Waals surface area contributed by atoms with E-state index < -0.39 is 0 Å². The van der Waals surface area contributed by atoms with Gasteiger partial charge in [-0.1, -0.05) is 0 Å². The van der Waals surface area contributed by atoms with E-state index in [1.165, 1.54) is 0 Å². The van der Waals surface area contributed by atoms with Crippen LogP contribution in [-0.2, 0) is 9.47 Å². The van der Waals surface area contributed by atoms with Crippen LogP contribution in [0.3, 0.4) is 0 Å². The Bertz CT molecular complexity index is 718. The Morgan fingerprint density at radius 3 is 1.27 bits per heavy atom. The van der Waals surface area contributed by atoms with Crippen molar-refractivity contribution in [2.75, 3.05) is 26.4 Å². The quantitative estimate of drug-likeness (QED) is 0.488. The fourth-order valence-electron chi connectivity index (χ4n) is 2.70. The standard InChI is InChI=1S/C18H22O4P4/c23-13-1-9(2-14(24)17(13)21-7-11-5-19-11)10-3-15(25)18(16(26)4-10)22-8-12-6-20-12/h1-4,11-12H,5-8,23-26H2. The maximum atomic E-state index is 5.90. The molecule has 2 saturated heterocycles. The molecule has 138 valence electrons. The van der Waals surface area contributed by atoms with Gasteiger partial charge in [-0.2, -0.15) is 0 Å². The van der Waals surface area contributed by atoms with Crippen LogP contribution in [0.2, 0.25) is 0 Å². The zero-order chi connectivity index (χ0) is 18.3. The van der Waals surface area contributed by atoms with Crippen molar-refractivity contribution in [1.29, 1.82) is 0 Å². The van der Waals surface area contributed by atoms with Gasteiger partial charge in [-0.05, 0) is 35.4 Å². The van der Waals surface area contributed by atoms with Crippen LogP contribution in [0.15, 0.2) is 24.3 Å². The lowest BCUT2D eigenvalue weighted by Crippen LogP contribution is -2.17.